The Morgan fingerprint density at radius 3 is 2.44 bits per heavy atom. The Labute approximate surface area is 149 Å². The lowest BCUT2D eigenvalue weighted by atomic mass is 10.2. The minimum Gasteiger partial charge on any atom is -0.451 e. The second-order valence-electron chi connectivity index (χ2n) is 5.79. The molecule has 0 atom stereocenters. The average Bonchev–Trinajstić information content (AvgIpc) is 3.05. The SMILES string of the molecule is O=C(Nc1ccc2oc(C(F)(F)F)cc(=O)c2c1)c1cc2ccccc2o1. The molecule has 0 saturated heterocycles. The van der Waals surface area contributed by atoms with E-state index in [1.165, 1.54) is 18.2 Å². The van der Waals surface area contributed by atoms with E-state index in [0.29, 0.717) is 11.6 Å². The predicted molar refractivity (Wildman–Crippen MR) is 91.7 cm³/mol. The van der Waals surface area contributed by atoms with Crippen molar-refractivity contribution in [2.45, 2.75) is 6.18 Å². The summed E-state index contributed by atoms with van der Waals surface area (Å²) in [6, 6.07) is 12.8. The third kappa shape index (κ3) is 3.17. The van der Waals surface area contributed by atoms with E-state index >= 15 is 0 Å². The largest absolute Gasteiger partial charge is 0.451 e. The Bertz CT molecular complexity index is 1200. The van der Waals surface area contributed by atoms with Crippen molar-refractivity contribution in [1.82, 2.24) is 0 Å². The van der Waals surface area contributed by atoms with Crippen LogP contribution in [-0.4, -0.2) is 5.91 Å². The maximum Gasteiger partial charge on any atom is 0.449 e. The number of hydrogen-bond donors (Lipinski definition) is 1. The summed E-state index contributed by atoms with van der Waals surface area (Å²) in [6.07, 6.45) is -4.76. The standard InChI is InChI=1S/C19H10F3NO4/c20-19(21,22)17-9-13(24)12-8-11(5-6-15(12)27-17)23-18(25)16-7-10-3-1-2-4-14(10)26-16/h1-9H,(H,23,25). The van der Waals surface area contributed by atoms with Gasteiger partial charge in [-0.25, -0.2) is 0 Å². The van der Waals surface area contributed by atoms with Gasteiger partial charge in [0.2, 0.25) is 5.76 Å². The van der Waals surface area contributed by atoms with Crippen LogP contribution < -0.4 is 10.7 Å². The number of para-hydroxylation sites is 1. The molecule has 5 nitrogen and oxygen atoms in total. The zero-order chi connectivity index (χ0) is 19.2. The molecule has 0 aliphatic carbocycles. The first-order valence-electron chi connectivity index (χ1n) is 7.76. The molecule has 4 rings (SSSR count). The Balaban J connectivity index is 1.67. The molecule has 2 aromatic carbocycles. The summed E-state index contributed by atoms with van der Waals surface area (Å²) >= 11 is 0. The Hall–Kier alpha value is -3.55. The number of halogens is 3. The zero-order valence-electron chi connectivity index (χ0n) is 13.5. The van der Waals surface area contributed by atoms with Crippen LogP contribution >= 0.6 is 0 Å². The second-order valence-corrected chi connectivity index (χ2v) is 5.79. The van der Waals surface area contributed by atoms with Crippen LogP contribution in [0.4, 0.5) is 18.9 Å². The minimum atomic E-state index is -4.76. The van der Waals surface area contributed by atoms with E-state index in [1.807, 2.05) is 0 Å². The van der Waals surface area contributed by atoms with Crippen molar-refractivity contribution in [3.63, 3.8) is 0 Å². The normalized spacial score (nSPS) is 11.8. The number of fused-ring (bicyclic) bond motifs is 2. The van der Waals surface area contributed by atoms with Crippen molar-refractivity contribution >= 4 is 33.5 Å². The number of carbonyl (C=O) groups is 1. The van der Waals surface area contributed by atoms with Gasteiger partial charge in [-0.1, -0.05) is 18.2 Å². The van der Waals surface area contributed by atoms with Crippen LogP contribution in [0, 0.1) is 0 Å². The summed E-state index contributed by atoms with van der Waals surface area (Å²) in [6.45, 7) is 0. The van der Waals surface area contributed by atoms with E-state index in [4.69, 9.17) is 8.83 Å². The van der Waals surface area contributed by atoms with Crippen LogP contribution in [0.25, 0.3) is 21.9 Å². The van der Waals surface area contributed by atoms with Gasteiger partial charge < -0.3 is 14.2 Å². The molecule has 0 unspecified atom stereocenters. The third-order valence-electron chi connectivity index (χ3n) is 3.91. The van der Waals surface area contributed by atoms with Gasteiger partial charge >= 0.3 is 6.18 Å². The van der Waals surface area contributed by atoms with Gasteiger partial charge in [0.1, 0.15) is 11.2 Å². The summed E-state index contributed by atoms with van der Waals surface area (Å²) in [5, 5.41) is 3.22. The van der Waals surface area contributed by atoms with Gasteiger partial charge in [-0.05, 0) is 30.3 Å². The minimum absolute atomic E-state index is 0.0655. The Kier molecular flexibility index (Phi) is 3.76. The molecule has 1 N–H and O–H groups in total. The highest BCUT2D eigenvalue weighted by Gasteiger charge is 2.34. The van der Waals surface area contributed by atoms with Crippen molar-refractivity contribution in [1.29, 1.82) is 0 Å². The first-order valence-corrected chi connectivity index (χ1v) is 7.76. The van der Waals surface area contributed by atoms with Crippen molar-refractivity contribution in [2.24, 2.45) is 0 Å². The summed E-state index contributed by atoms with van der Waals surface area (Å²) in [5.41, 5.74) is -0.318. The van der Waals surface area contributed by atoms with Gasteiger partial charge in [-0.15, -0.1) is 0 Å². The van der Waals surface area contributed by atoms with E-state index in [2.05, 4.69) is 5.32 Å². The summed E-state index contributed by atoms with van der Waals surface area (Å²) in [5.74, 6) is -1.86. The molecule has 0 bridgehead atoms. The predicted octanol–water partition coefficient (Wildman–Crippen LogP) is 4.81. The van der Waals surface area contributed by atoms with E-state index < -0.39 is 23.3 Å². The fourth-order valence-electron chi connectivity index (χ4n) is 2.66. The van der Waals surface area contributed by atoms with Crippen molar-refractivity contribution in [3.05, 3.63) is 76.3 Å². The Morgan fingerprint density at radius 2 is 1.70 bits per heavy atom. The maximum absolute atomic E-state index is 12.7. The molecule has 0 saturated carbocycles. The fourth-order valence-corrected chi connectivity index (χ4v) is 2.66. The lowest BCUT2D eigenvalue weighted by Crippen LogP contribution is -2.13. The van der Waals surface area contributed by atoms with Gasteiger partial charge in [0.15, 0.2) is 11.2 Å². The average molecular weight is 373 g/mol. The zero-order valence-corrected chi connectivity index (χ0v) is 13.5. The van der Waals surface area contributed by atoms with Crippen LogP contribution in [0.15, 0.2) is 68.2 Å². The summed E-state index contributed by atoms with van der Waals surface area (Å²) in [4.78, 5) is 24.3. The lowest BCUT2D eigenvalue weighted by Gasteiger charge is -2.08. The van der Waals surface area contributed by atoms with Gasteiger partial charge in [-0.3, -0.25) is 9.59 Å². The maximum atomic E-state index is 12.7. The third-order valence-corrected chi connectivity index (χ3v) is 3.91. The van der Waals surface area contributed by atoms with Crippen LogP contribution in [0.3, 0.4) is 0 Å². The summed E-state index contributed by atoms with van der Waals surface area (Å²) < 4.78 is 48.4. The number of benzene rings is 2. The number of amides is 1. The molecule has 2 heterocycles. The molecular formula is C19H10F3NO4. The van der Waals surface area contributed by atoms with Crippen molar-refractivity contribution < 1.29 is 26.8 Å². The second kappa shape index (κ2) is 6.01. The number of hydrogen-bond acceptors (Lipinski definition) is 4. The Morgan fingerprint density at radius 1 is 0.926 bits per heavy atom. The number of alkyl halides is 3. The van der Waals surface area contributed by atoms with Crippen LogP contribution in [0.5, 0.6) is 0 Å². The first-order chi connectivity index (χ1) is 12.8. The topological polar surface area (TPSA) is 72.5 Å². The van der Waals surface area contributed by atoms with Crippen LogP contribution in [0.1, 0.15) is 16.3 Å². The highest BCUT2D eigenvalue weighted by molar-refractivity contribution is 6.05. The molecule has 136 valence electrons. The number of furan rings is 1. The quantitative estimate of drug-likeness (QED) is 0.547. The van der Waals surface area contributed by atoms with Gasteiger partial charge in [0.25, 0.3) is 5.91 Å². The van der Waals surface area contributed by atoms with Gasteiger partial charge in [0, 0.05) is 17.1 Å². The highest BCUT2D eigenvalue weighted by Crippen LogP contribution is 2.30. The lowest BCUT2D eigenvalue weighted by molar-refractivity contribution is -0.152. The van der Waals surface area contributed by atoms with Gasteiger partial charge in [0.05, 0.1) is 5.39 Å². The van der Waals surface area contributed by atoms with Crippen molar-refractivity contribution in [3.8, 4) is 0 Å². The molecule has 0 aliphatic heterocycles. The van der Waals surface area contributed by atoms with E-state index in [-0.39, 0.29) is 22.4 Å². The number of rotatable bonds is 2. The molecule has 1 amide bonds. The van der Waals surface area contributed by atoms with E-state index in [1.54, 1.807) is 30.3 Å². The number of nitrogens with one attached hydrogen (secondary N) is 1. The number of carbonyl (C=O) groups excluding carboxylic acids is 1. The molecule has 2 aromatic heterocycles. The molecule has 27 heavy (non-hydrogen) atoms. The molecule has 8 heteroatoms. The van der Waals surface area contributed by atoms with Gasteiger partial charge in [-0.2, -0.15) is 13.2 Å². The fraction of sp³-hybridized carbons (Fsp3) is 0.0526. The van der Waals surface area contributed by atoms with E-state index in [9.17, 15) is 22.8 Å². The monoisotopic (exact) mass is 373 g/mol. The smallest absolute Gasteiger partial charge is 0.449 e. The summed E-state index contributed by atoms with van der Waals surface area (Å²) in [7, 11) is 0. The molecule has 0 fully saturated rings. The first kappa shape index (κ1) is 16.9. The molecule has 0 spiro atoms. The highest BCUT2D eigenvalue weighted by atomic mass is 19.4. The number of anilines is 1. The molecule has 0 aliphatic rings. The molecule has 4 aromatic rings. The van der Waals surface area contributed by atoms with Crippen molar-refractivity contribution in [2.75, 3.05) is 5.32 Å². The molecule has 0 radical (unpaired) electrons. The molecular weight excluding hydrogens is 363 g/mol. The van der Waals surface area contributed by atoms with E-state index in [0.717, 1.165) is 5.39 Å². The van der Waals surface area contributed by atoms with Crippen LogP contribution in [0.2, 0.25) is 0 Å². The van der Waals surface area contributed by atoms with Crippen LogP contribution in [-0.2, 0) is 6.18 Å².